The van der Waals surface area contributed by atoms with Crippen molar-refractivity contribution in [3.8, 4) is 17.0 Å². The van der Waals surface area contributed by atoms with Crippen LogP contribution in [0.3, 0.4) is 0 Å². The Morgan fingerprint density at radius 1 is 0.935 bits per heavy atom. The predicted octanol–water partition coefficient (Wildman–Crippen LogP) is 6.25. The zero-order valence-corrected chi connectivity index (χ0v) is 16.9. The second-order valence-corrected chi connectivity index (χ2v) is 7.38. The number of rotatable bonds is 7. The van der Waals surface area contributed by atoms with E-state index in [9.17, 15) is 13.2 Å². The van der Waals surface area contributed by atoms with Gasteiger partial charge in [0.1, 0.15) is 29.8 Å². The van der Waals surface area contributed by atoms with Crippen molar-refractivity contribution < 1.29 is 17.9 Å². The van der Waals surface area contributed by atoms with Crippen LogP contribution in [0.25, 0.3) is 11.3 Å². The molecule has 0 spiro atoms. The number of anilines is 1. The summed E-state index contributed by atoms with van der Waals surface area (Å²) < 4.78 is 45.9. The number of aromatic nitrogens is 1. The third kappa shape index (κ3) is 5.49. The second kappa shape index (κ2) is 9.44. The van der Waals surface area contributed by atoms with E-state index in [4.69, 9.17) is 4.74 Å². The van der Waals surface area contributed by atoms with Gasteiger partial charge in [0.05, 0.1) is 11.9 Å². The van der Waals surface area contributed by atoms with Crippen LogP contribution in [0.15, 0.2) is 77.2 Å². The number of ether oxygens (including phenoxy) is 1. The van der Waals surface area contributed by atoms with Gasteiger partial charge in [-0.1, -0.05) is 30.3 Å². The first-order chi connectivity index (χ1) is 15.1. The largest absolute Gasteiger partial charge is 0.488 e. The lowest BCUT2D eigenvalue weighted by Gasteiger charge is -2.09. The summed E-state index contributed by atoms with van der Waals surface area (Å²) in [6, 6.07) is 16.8. The van der Waals surface area contributed by atoms with Crippen LogP contribution >= 0.6 is 11.3 Å². The smallest absolute Gasteiger partial charge is 0.203 e. The highest BCUT2D eigenvalue weighted by Gasteiger charge is 2.07. The maximum absolute atomic E-state index is 13.7. The summed E-state index contributed by atoms with van der Waals surface area (Å²) in [6.45, 7) is -0.126. The van der Waals surface area contributed by atoms with Gasteiger partial charge in [-0.3, -0.25) is 5.43 Å². The number of hydrogen-bond acceptors (Lipinski definition) is 5. The Morgan fingerprint density at radius 2 is 1.71 bits per heavy atom. The molecule has 8 heteroatoms. The summed E-state index contributed by atoms with van der Waals surface area (Å²) in [5.74, 6) is -1.72. The monoisotopic (exact) mass is 439 g/mol. The minimum Gasteiger partial charge on any atom is -0.488 e. The van der Waals surface area contributed by atoms with Gasteiger partial charge in [0.25, 0.3) is 0 Å². The molecule has 4 nitrogen and oxygen atoms in total. The molecule has 0 radical (unpaired) electrons. The maximum Gasteiger partial charge on any atom is 0.203 e. The summed E-state index contributed by atoms with van der Waals surface area (Å²) >= 11 is 1.40. The lowest BCUT2D eigenvalue weighted by molar-refractivity contribution is 0.302. The molecule has 0 fully saturated rings. The van der Waals surface area contributed by atoms with Crippen molar-refractivity contribution >= 4 is 22.7 Å². The van der Waals surface area contributed by atoms with E-state index in [0.29, 0.717) is 16.3 Å². The molecule has 0 bridgehead atoms. The van der Waals surface area contributed by atoms with E-state index in [-0.39, 0.29) is 12.4 Å². The molecule has 31 heavy (non-hydrogen) atoms. The van der Waals surface area contributed by atoms with E-state index in [1.807, 2.05) is 35.7 Å². The lowest BCUT2D eigenvalue weighted by atomic mass is 10.2. The van der Waals surface area contributed by atoms with Crippen LogP contribution in [0.5, 0.6) is 5.75 Å². The lowest BCUT2D eigenvalue weighted by Crippen LogP contribution is -2.01. The minimum atomic E-state index is -0.706. The van der Waals surface area contributed by atoms with Crippen LogP contribution in [0.4, 0.5) is 18.3 Å². The zero-order chi connectivity index (χ0) is 21.6. The summed E-state index contributed by atoms with van der Waals surface area (Å²) in [5, 5.41) is 6.65. The zero-order valence-electron chi connectivity index (χ0n) is 16.1. The Morgan fingerprint density at radius 3 is 2.48 bits per heavy atom. The summed E-state index contributed by atoms with van der Waals surface area (Å²) in [4.78, 5) is 4.47. The standard InChI is InChI=1S/C23H16F3N3OS/c24-18-7-6-17(22(11-18)30-13-15-8-19(25)10-20(26)9-15)12-27-29-23-28-21(14-31-23)16-4-2-1-3-5-16/h1-12,14H,13H2,(H,28,29). The van der Waals surface area contributed by atoms with Gasteiger partial charge in [-0.25, -0.2) is 18.2 Å². The average Bonchev–Trinajstić information content (AvgIpc) is 3.22. The minimum absolute atomic E-state index is 0.126. The Kier molecular flexibility index (Phi) is 6.28. The van der Waals surface area contributed by atoms with E-state index in [0.717, 1.165) is 29.5 Å². The van der Waals surface area contributed by atoms with Gasteiger partial charge in [-0.2, -0.15) is 5.10 Å². The van der Waals surface area contributed by atoms with Crippen LogP contribution in [-0.2, 0) is 6.61 Å². The molecule has 3 aromatic carbocycles. The quantitative estimate of drug-likeness (QED) is 0.273. The third-order valence-corrected chi connectivity index (χ3v) is 4.98. The first-order valence-corrected chi connectivity index (χ1v) is 10.1. The Labute approximate surface area is 180 Å². The molecule has 0 unspecified atom stereocenters. The molecule has 1 N–H and O–H groups in total. The van der Waals surface area contributed by atoms with Gasteiger partial charge < -0.3 is 4.74 Å². The number of hydrazone groups is 1. The predicted molar refractivity (Wildman–Crippen MR) is 116 cm³/mol. The van der Waals surface area contributed by atoms with Crippen molar-refractivity contribution in [2.24, 2.45) is 5.10 Å². The van der Waals surface area contributed by atoms with Crippen molar-refractivity contribution in [2.45, 2.75) is 6.61 Å². The highest BCUT2D eigenvalue weighted by molar-refractivity contribution is 7.14. The van der Waals surface area contributed by atoms with Crippen molar-refractivity contribution in [1.29, 1.82) is 0 Å². The fourth-order valence-electron chi connectivity index (χ4n) is 2.82. The topological polar surface area (TPSA) is 46.5 Å². The fraction of sp³-hybridized carbons (Fsp3) is 0.0435. The van der Waals surface area contributed by atoms with Crippen LogP contribution in [0, 0.1) is 17.5 Å². The van der Waals surface area contributed by atoms with Crippen LogP contribution in [0.2, 0.25) is 0 Å². The molecule has 0 aliphatic carbocycles. The molecular formula is C23H16F3N3OS. The molecule has 0 atom stereocenters. The van der Waals surface area contributed by atoms with Gasteiger partial charge >= 0.3 is 0 Å². The Hall–Kier alpha value is -3.65. The first kappa shape index (κ1) is 20.6. The molecule has 1 heterocycles. The van der Waals surface area contributed by atoms with Gasteiger partial charge in [0, 0.05) is 28.6 Å². The van der Waals surface area contributed by atoms with E-state index in [1.165, 1.54) is 35.8 Å². The molecule has 0 aliphatic heterocycles. The first-order valence-electron chi connectivity index (χ1n) is 9.24. The van der Waals surface area contributed by atoms with Crippen molar-refractivity contribution in [3.05, 3.63) is 101 Å². The third-order valence-electron chi connectivity index (χ3n) is 4.23. The summed E-state index contributed by atoms with van der Waals surface area (Å²) in [5.41, 5.74) is 5.45. The number of hydrogen-bond donors (Lipinski definition) is 1. The number of nitrogens with one attached hydrogen (secondary N) is 1. The maximum atomic E-state index is 13.7. The molecule has 1 aromatic heterocycles. The van der Waals surface area contributed by atoms with Crippen LogP contribution in [-0.4, -0.2) is 11.2 Å². The molecule has 0 saturated heterocycles. The normalized spacial score (nSPS) is 11.1. The average molecular weight is 439 g/mol. The Bertz CT molecular complexity index is 1190. The Balaban J connectivity index is 1.45. The number of halogens is 3. The molecule has 4 rings (SSSR count). The number of thiazole rings is 1. The molecule has 4 aromatic rings. The van der Waals surface area contributed by atoms with Crippen LogP contribution in [0.1, 0.15) is 11.1 Å². The van der Waals surface area contributed by atoms with E-state index < -0.39 is 17.5 Å². The van der Waals surface area contributed by atoms with E-state index >= 15 is 0 Å². The van der Waals surface area contributed by atoms with Crippen molar-refractivity contribution in [1.82, 2.24) is 4.98 Å². The molecule has 0 saturated carbocycles. The second-order valence-electron chi connectivity index (χ2n) is 6.52. The summed E-state index contributed by atoms with van der Waals surface area (Å²) in [6.07, 6.45) is 1.46. The molecule has 0 aliphatic rings. The van der Waals surface area contributed by atoms with Gasteiger partial charge in [-0.15, -0.1) is 11.3 Å². The number of nitrogens with zero attached hydrogens (tertiary/aromatic N) is 2. The number of benzene rings is 3. The SMILES string of the molecule is Fc1cc(F)cc(COc2cc(F)ccc2C=NNc2nc(-c3ccccc3)cs2)c1. The van der Waals surface area contributed by atoms with Crippen molar-refractivity contribution in [2.75, 3.05) is 5.43 Å². The van der Waals surface area contributed by atoms with Gasteiger partial charge in [-0.05, 0) is 29.8 Å². The fourth-order valence-corrected chi connectivity index (χ4v) is 3.49. The molecule has 156 valence electrons. The molecule has 0 amide bonds. The van der Waals surface area contributed by atoms with Gasteiger partial charge in [0.15, 0.2) is 0 Å². The van der Waals surface area contributed by atoms with Crippen LogP contribution < -0.4 is 10.2 Å². The van der Waals surface area contributed by atoms with E-state index in [1.54, 1.807) is 0 Å². The highest BCUT2D eigenvalue weighted by Crippen LogP contribution is 2.25. The van der Waals surface area contributed by atoms with Gasteiger partial charge in [0.2, 0.25) is 5.13 Å². The van der Waals surface area contributed by atoms with Crippen molar-refractivity contribution in [3.63, 3.8) is 0 Å². The highest BCUT2D eigenvalue weighted by atomic mass is 32.1. The molecular weight excluding hydrogens is 423 g/mol. The van der Waals surface area contributed by atoms with E-state index in [2.05, 4.69) is 15.5 Å². The summed E-state index contributed by atoms with van der Waals surface area (Å²) in [7, 11) is 0.